The zero-order chi connectivity index (χ0) is 11.5. The van der Waals surface area contributed by atoms with E-state index in [1.165, 1.54) is 0 Å². The van der Waals surface area contributed by atoms with Gasteiger partial charge < -0.3 is 15.1 Å². The molecule has 0 aliphatic carbocycles. The van der Waals surface area contributed by atoms with Gasteiger partial charge in [-0.1, -0.05) is 0 Å². The van der Waals surface area contributed by atoms with Crippen LogP contribution in [0.2, 0.25) is 0 Å². The first-order chi connectivity index (χ1) is 6.94. The van der Waals surface area contributed by atoms with E-state index in [1.54, 1.807) is 6.92 Å². The molecule has 1 saturated heterocycles. The van der Waals surface area contributed by atoms with Crippen LogP contribution < -0.4 is 0 Å². The maximum Gasteiger partial charge on any atom is 0.310 e. The number of rotatable bonds is 4. The van der Waals surface area contributed by atoms with Crippen LogP contribution in [0.5, 0.6) is 0 Å². The van der Waals surface area contributed by atoms with Crippen molar-refractivity contribution in [1.82, 2.24) is 4.90 Å². The van der Waals surface area contributed by atoms with Gasteiger partial charge in [-0.25, -0.2) is 0 Å². The summed E-state index contributed by atoms with van der Waals surface area (Å²) in [4.78, 5) is 13.2. The summed E-state index contributed by atoms with van der Waals surface area (Å²) >= 11 is 0. The van der Waals surface area contributed by atoms with Gasteiger partial charge in [0.2, 0.25) is 0 Å². The molecular weight excluding hydrogens is 194 g/mol. The summed E-state index contributed by atoms with van der Waals surface area (Å²) in [5, 5.41) is 18.3. The zero-order valence-electron chi connectivity index (χ0n) is 9.57. The third-order valence-electron chi connectivity index (χ3n) is 3.15. The minimum absolute atomic E-state index is 0.303. The number of aliphatic hydroxyl groups excluding tert-OH is 1. The average Bonchev–Trinajstić information content (AvgIpc) is 2.15. The van der Waals surface area contributed by atoms with Gasteiger partial charge in [-0.15, -0.1) is 0 Å². The van der Waals surface area contributed by atoms with Crippen molar-refractivity contribution in [3.05, 3.63) is 0 Å². The van der Waals surface area contributed by atoms with Crippen LogP contribution in [0.1, 0.15) is 33.1 Å². The molecule has 0 aromatic heterocycles. The van der Waals surface area contributed by atoms with Gasteiger partial charge >= 0.3 is 5.97 Å². The molecule has 0 spiro atoms. The van der Waals surface area contributed by atoms with Crippen molar-refractivity contribution >= 4 is 5.97 Å². The second-order valence-electron chi connectivity index (χ2n) is 4.88. The van der Waals surface area contributed by atoms with Crippen molar-refractivity contribution < 1.29 is 15.0 Å². The maximum atomic E-state index is 11.1. The van der Waals surface area contributed by atoms with E-state index in [0.717, 1.165) is 32.4 Å². The molecule has 1 rings (SSSR count). The number of piperidine rings is 1. The van der Waals surface area contributed by atoms with Crippen LogP contribution >= 0.6 is 0 Å². The Morgan fingerprint density at radius 1 is 1.60 bits per heavy atom. The van der Waals surface area contributed by atoms with Gasteiger partial charge in [0.1, 0.15) is 0 Å². The number of aliphatic carboxylic acids is 1. The standard InChI is InChI=1S/C11H21NO3/c1-9(13)4-7-12-6-3-5-11(2,8-12)10(14)15/h9,13H,3-8H2,1-2H3,(H,14,15). The molecule has 15 heavy (non-hydrogen) atoms. The molecule has 4 heteroatoms. The Labute approximate surface area is 90.9 Å². The molecule has 0 amide bonds. The average molecular weight is 215 g/mol. The van der Waals surface area contributed by atoms with Crippen molar-refractivity contribution in [2.75, 3.05) is 19.6 Å². The number of hydrogen-bond acceptors (Lipinski definition) is 3. The molecule has 2 atom stereocenters. The fourth-order valence-corrected chi connectivity index (χ4v) is 2.08. The summed E-state index contributed by atoms with van der Waals surface area (Å²) in [5.74, 6) is -0.704. The molecule has 1 aliphatic heterocycles. The van der Waals surface area contributed by atoms with E-state index < -0.39 is 11.4 Å². The van der Waals surface area contributed by atoms with Gasteiger partial charge in [0.05, 0.1) is 11.5 Å². The van der Waals surface area contributed by atoms with Crippen LogP contribution in [-0.4, -0.2) is 46.8 Å². The quantitative estimate of drug-likeness (QED) is 0.733. The van der Waals surface area contributed by atoms with E-state index in [0.29, 0.717) is 6.54 Å². The van der Waals surface area contributed by atoms with E-state index in [1.807, 2.05) is 6.92 Å². The van der Waals surface area contributed by atoms with Crippen LogP contribution in [-0.2, 0) is 4.79 Å². The third kappa shape index (κ3) is 3.47. The normalized spacial score (nSPS) is 30.1. The minimum atomic E-state index is -0.704. The molecule has 0 radical (unpaired) electrons. The maximum absolute atomic E-state index is 11.1. The van der Waals surface area contributed by atoms with Gasteiger partial charge in [0, 0.05) is 13.1 Å². The Balaban J connectivity index is 2.45. The molecular formula is C11H21NO3. The van der Waals surface area contributed by atoms with Crippen LogP contribution in [0, 0.1) is 5.41 Å². The monoisotopic (exact) mass is 215 g/mol. The Hall–Kier alpha value is -0.610. The van der Waals surface area contributed by atoms with Crippen molar-refractivity contribution in [3.8, 4) is 0 Å². The highest BCUT2D eigenvalue weighted by atomic mass is 16.4. The number of carbonyl (C=O) groups is 1. The molecule has 1 fully saturated rings. The van der Waals surface area contributed by atoms with E-state index in [9.17, 15) is 9.90 Å². The Morgan fingerprint density at radius 2 is 2.27 bits per heavy atom. The van der Waals surface area contributed by atoms with E-state index >= 15 is 0 Å². The second kappa shape index (κ2) is 4.94. The highest BCUT2D eigenvalue weighted by molar-refractivity contribution is 5.74. The summed E-state index contributed by atoms with van der Waals surface area (Å²) in [6.45, 7) is 5.93. The van der Waals surface area contributed by atoms with Crippen LogP contribution in [0.4, 0.5) is 0 Å². The van der Waals surface area contributed by atoms with Crippen molar-refractivity contribution in [2.45, 2.75) is 39.2 Å². The van der Waals surface area contributed by atoms with Gasteiger partial charge in [-0.3, -0.25) is 4.79 Å². The SMILES string of the molecule is CC(O)CCN1CCCC(C)(C(=O)O)C1. The molecule has 88 valence electrons. The molecule has 2 N–H and O–H groups in total. The summed E-state index contributed by atoms with van der Waals surface area (Å²) in [6, 6.07) is 0. The fraction of sp³-hybridized carbons (Fsp3) is 0.909. The van der Waals surface area contributed by atoms with E-state index in [4.69, 9.17) is 5.11 Å². The highest BCUT2D eigenvalue weighted by Gasteiger charge is 2.37. The minimum Gasteiger partial charge on any atom is -0.481 e. The van der Waals surface area contributed by atoms with E-state index in [-0.39, 0.29) is 6.10 Å². The Kier molecular flexibility index (Phi) is 4.11. The molecule has 4 nitrogen and oxygen atoms in total. The summed E-state index contributed by atoms with van der Waals surface area (Å²) in [7, 11) is 0. The topological polar surface area (TPSA) is 60.8 Å². The number of aliphatic hydroxyl groups is 1. The first-order valence-corrected chi connectivity index (χ1v) is 5.58. The Bertz CT molecular complexity index is 230. The summed E-state index contributed by atoms with van der Waals surface area (Å²) < 4.78 is 0. The van der Waals surface area contributed by atoms with E-state index in [2.05, 4.69) is 4.90 Å². The van der Waals surface area contributed by atoms with Crippen LogP contribution in [0.3, 0.4) is 0 Å². The number of nitrogens with zero attached hydrogens (tertiary/aromatic N) is 1. The van der Waals surface area contributed by atoms with Gasteiger partial charge in [-0.05, 0) is 39.7 Å². The molecule has 0 bridgehead atoms. The summed E-state index contributed by atoms with van der Waals surface area (Å²) in [5.41, 5.74) is -0.600. The largest absolute Gasteiger partial charge is 0.481 e. The first kappa shape index (κ1) is 12.5. The number of carboxylic acids is 1. The smallest absolute Gasteiger partial charge is 0.310 e. The number of carboxylic acid groups (broad SMARTS) is 1. The third-order valence-corrected chi connectivity index (χ3v) is 3.15. The molecule has 2 unspecified atom stereocenters. The highest BCUT2D eigenvalue weighted by Crippen LogP contribution is 2.29. The Morgan fingerprint density at radius 3 is 2.80 bits per heavy atom. The van der Waals surface area contributed by atoms with Crippen molar-refractivity contribution in [3.63, 3.8) is 0 Å². The van der Waals surface area contributed by atoms with Gasteiger partial charge in [0.25, 0.3) is 0 Å². The first-order valence-electron chi connectivity index (χ1n) is 5.58. The fourth-order valence-electron chi connectivity index (χ4n) is 2.08. The summed E-state index contributed by atoms with van der Waals surface area (Å²) in [6.07, 6.45) is 2.11. The van der Waals surface area contributed by atoms with Crippen LogP contribution in [0.25, 0.3) is 0 Å². The predicted octanol–water partition coefficient (Wildman–Crippen LogP) is 0.944. The molecule has 0 aromatic carbocycles. The molecule has 0 aromatic rings. The predicted molar refractivity (Wildman–Crippen MR) is 57.7 cm³/mol. The number of likely N-dealkylation sites (tertiary alicyclic amines) is 1. The van der Waals surface area contributed by atoms with Gasteiger partial charge in [0.15, 0.2) is 0 Å². The lowest BCUT2D eigenvalue weighted by Crippen LogP contribution is -2.46. The number of hydrogen-bond donors (Lipinski definition) is 2. The second-order valence-corrected chi connectivity index (χ2v) is 4.88. The lowest BCUT2D eigenvalue weighted by molar-refractivity contribution is -0.151. The molecule has 1 aliphatic rings. The lowest BCUT2D eigenvalue weighted by atomic mass is 9.82. The lowest BCUT2D eigenvalue weighted by Gasteiger charge is -2.37. The van der Waals surface area contributed by atoms with Crippen molar-refractivity contribution in [2.24, 2.45) is 5.41 Å². The van der Waals surface area contributed by atoms with Crippen molar-refractivity contribution in [1.29, 1.82) is 0 Å². The van der Waals surface area contributed by atoms with Gasteiger partial charge in [-0.2, -0.15) is 0 Å². The zero-order valence-corrected chi connectivity index (χ0v) is 9.57. The molecule has 1 heterocycles. The molecule has 0 saturated carbocycles. The van der Waals surface area contributed by atoms with Crippen LogP contribution in [0.15, 0.2) is 0 Å².